The van der Waals surface area contributed by atoms with Gasteiger partial charge in [-0.15, -0.1) is 0 Å². The van der Waals surface area contributed by atoms with Crippen molar-refractivity contribution in [2.45, 2.75) is 32.9 Å². The topological polar surface area (TPSA) is 52.6 Å². The highest BCUT2D eigenvalue weighted by atomic mass is 31.2. The second-order valence-corrected chi connectivity index (χ2v) is 4.72. The fourth-order valence-corrected chi connectivity index (χ4v) is 2.45. The van der Waals surface area contributed by atoms with Gasteiger partial charge in [0.05, 0.1) is 13.2 Å². The number of hydrogen-bond acceptors (Lipinski definition) is 4. The third-order valence-corrected chi connectivity index (χ3v) is 3.73. The van der Waals surface area contributed by atoms with Gasteiger partial charge in [0.25, 0.3) is 0 Å². The van der Waals surface area contributed by atoms with Crippen LogP contribution in [0.5, 0.6) is 0 Å². The highest BCUT2D eigenvalue weighted by Crippen LogP contribution is 2.62. The van der Waals surface area contributed by atoms with Crippen LogP contribution in [0.2, 0.25) is 0 Å². The lowest BCUT2D eigenvalue weighted by molar-refractivity contribution is -0.135. The molecule has 0 radical (unpaired) electrons. The number of halogens is 2. The lowest BCUT2D eigenvalue weighted by atomic mass is 10.3. The van der Waals surface area contributed by atoms with Gasteiger partial charge in [0.1, 0.15) is 0 Å². The van der Waals surface area contributed by atoms with Crippen LogP contribution in [0.15, 0.2) is 0 Å². The molecule has 0 saturated carbocycles. The number of Topliss-reactive ketones (excluding diaryl/α,β-unsaturated/α-hetero) is 1. The van der Waals surface area contributed by atoms with E-state index < -0.39 is 25.5 Å². The average molecular weight is 244 g/mol. The Kier molecular flexibility index (Phi) is 5.56. The minimum Gasteiger partial charge on any atom is -0.304 e. The molecule has 0 aromatic carbocycles. The Labute approximate surface area is 87.5 Å². The Morgan fingerprint density at radius 2 is 1.60 bits per heavy atom. The van der Waals surface area contributed by atoms with Gasteiger partial charge >= 0.3 is 13.3 Å². The third-order valence-electron chi connectivity index (χ3n) is 1.60. The van der Waals surface area contributed by atoms with Gasteiger partial charge in [0.15, 0.2) is 0 Å². The summed E-state index contributed by atoms with van der Waals surface area (Å²) in [6.07, 6.45) is -0.420. The molecule has 0 amide bonds. The molecule has 0 atom stereocenters. The van der Waals surface area contributed by atoms with Crippen molar-refractivity contribution in [1.82, 2.24) is 0 Å². The maximum absolute atomic E-state index is 13.4. The van der Waals surface area contributed by atoms with Crippen LogP contribution in [-0.4, -0.2) is 24.7 Å². The molecule has 0 aliphatic heterocycles. The average Bonchev–Trinajstić information content (AvgIpc) is 2.17. The Balaban J connectivity index is 5.05. The van der Waals surface area contributed by atoms with Crippen LogP contribution in [-0.2, 0) is 18.4 Å². The fourth-order valence-electron chi connectivity index (χ4n) is 0.905. The normalized spacial score (nSPS) is 12.9. The van der Waals surface area contributed by atoms with Gasteiger partial charge in [-0.05, 0) is 13.8 Å². The van der Waals surface area contributed by atoms with E-state index in [0.29, 0.717) is 0 Å². The Hall–Kier alpha value is -0.320. The molecular formula is C8H15F2O4P. The monoisotopic (exact) mass is 244 g/mol. The summed E-state index contributed by atoms with van der Waals surface area (Å²) in [7, 11) is -4.68. The largest absolute Gasteiger partial charge is 0.407 e. The van der Waals surface area contributed by atoms with Crippen molar-refractivity contribution in [2.75, 3.05) is 13.2 Å². The summed E-state index contributed by atoms with van der Waals surface area (Å²) >= 11 is 0. The zero-order chi connectivity index (χ0) is 12.1. The summed E-state index contributed by atoms with van der Waals surface area (Å²) in [5.41, 5.74) is -4.06. The van der Waals surface area contributed by atoms with Crippen molar-refractivity contribution in [1.29, 1.82) is 0 Å². The minimum absolute atomic E-state index is 0.205. The van der Waals surface area contributed by atoms with E-state index in [9.17, 15) is 18.1 Å². The van der Waals surface area contributed by atoms with E-state index in [0.717, 1.165) is 0 Å². The van der Waals surface area contributed by atoms with Crippen LogP contribution >= 0.6 is 7.60 Å². The second-order valence-electron chi connectivity index (χ2n) is 2.65. The first-order chi connectivity index (χ1) is 6.85. The maximum Gasteiger partial charge on any atom is 0.407 e. The van der Waals surface area contributed by atoms with Gasteiger partial charge < -0.3 is 9.05 Å². The van der Waals surface area contributed by atoms with E-state index in [1.54, 1.807) is 0 Å². The zero-order valence-corrected chi connectivity index (χ0v) is 9.85. The number of rotatable bonds is 7. The predicted octanol–water partition coefficient (Wildman–Crippen LogP) is 2.82. The number of carbonyl (C=O) groups excluding carboxylic acids is 1. The molecule has 15 heavy (non-hydrogen) atoms. The van der Waals surface area contributed by atoms with Crippen LogP contribution < -0.4 is 0 Å². The number of alkyl halides is 2. The Bertz CT molecular complexity index is 257. The highest BCUT2D eigenvalue weighted by molar-refractivity contribution is 7.56. The summed E-state index contributed by atoms with van der Waals surface area (Å²) in [6, 6.07) is 0. The van der Waals surface area contributed by atoms with Gasteiger partial charge in [0, 0.05) is 6.42 Å². The molecule has 0 spiro atoms. The molecule has 0 aliphatic rings. The van der Waals surface area contributed by atoms with E-state index in [2.05, 4.69) is 9.05 Å². The first kappa shape index (κ1) is 14.7. The molecule has 90 valence electrons. The van der Waals surface area contributed by atoms with Gasteiger partial charge in [-0.3, -0.25) is 9.36 Å². The van der Waals surface area contributed by atoms with Crippen LogP contribution in [0.1, 0.15) is 27.2 Å². The number of hydrogen-bond donors (Lipinski definition) is 0. The van der Waals surface area contributed by atoms with Crippen LogP contribution in [0.3, 0.4) is 0 Å². The fraction of sp³-hybridized carbons (Fsp3) is 0.875. The lowest BCUT2D eigenvalue weighted by Crippen LogP contribution is -2.30. The molecule has 4 nitrogen and oxygen atoms in total. The van der Waals surface area contributed by atoms with Crippen molar-refractivity contribution in [3.8, 4) is 0 Å². The smallest absolute Gasteiger partial charge is 0.304 e. The molecule has 0 aliphatic carbocycles. The van der Waals surface area contributed by atoms with E-state index in [4.69, 9.17) is 0 Å². The molecule has 0 heterocycles. The Morgan fingerprint density at radius 1 is 1.20 bits per heavy atom. The van der Waals surface area contributed by atoms with E-state index in [1.165, 1.54) is 20.8 Å². The second kappa shape index (κ2) is 5.68. The Morgan fingerprint density at radius 3 is 1.87 bits per heavy atom. The minimum atomic E-state index is -4.68. The standard InChI is InChI=1S/C8H15F2O4P/c1-4-7(11)8(9,10)15(12,13-5-2)14-6-3/h4-6H2,1-3H3. The zero-order valence-electron chi connectivity index (χ0n) is 8.96. The highest BCUT2D eigenvalue weighted by Gasteiger charge is 2.58. The summed E-state index contributed by atoms with van der Waals surface area (Å²) < 4.78 is 47.2. The van der Waals surface area contributed by atoms with Crippen molar-refractivity contribution in [2.24, 2.45) is 0 Å². The molecule has 0 unspecified atom stereocenters. The van der Waals surface area contributed by atoms with E-state index in [1.807, 2.05) is 0 Å². The first-order valence-electron chi connectivity index (χ1n) is 4.66. The summed E-state index contributed by atoms with van der Waals surface area (Å²) in [5, 5.41) is 0. The van der Waals surface area contributed by atoms with Gasteiger partial charge in [-0.2, -0.15) is 8.78 Å². The van der Waals surface area contributed by atoms with E-state index >= 15 is 0 Å². The summed E-state index contributed by atoms with van der Waals surface area (Å²) in [6.45, 7) is 3.66. The molecule has 0 saturated heterocycles. The van der Waals surface area contributed by atoms with Crippen molar-refractivity contribution < 1.29 is 27.2 Å². The predicted molar refractivity (Wildman–Crippen MR) is 51.1 cm³/mol. The van der Waals surface area contributed by atoms with Crippen LogP contribution in [0, 0.1) is 0 Å². The third kappa shape index (κ3) is 3.06. The van der Waals surface area contributed by atoms with Crippen LogP contribution in [0.25, 0.3) is 0 Å². The van der Waals surface area contributed by atoms with Crippen molar-refractivity contribution in [3.63, 3.8) is 0 Å². The molecule has 0 aromatic rings. The number of carbonyl (C=O) groups is 1. The number of ketones is 1. The summed E-state index contributed by atoms with van der Waals surface area (Å²) in [4.78, 5) is 10.9. The van der Waals surface area contributed by atoms with Gasteiger partial charge in [-0.1, -0.05) is 6.92 Å². The molecular weight excluding hydrogens is 229 g/mol. The molecule has 0 bridgehead atoms. The SMILES string of the molecule is CCOP(=O)(OCC)C(F)(F)C(=O)CC. The van der Waals surface area contributed by atoms with Crippen molar-refractivity contribution in [3.05, 3.63) is 0 Å². The van der Waals surface area contributed by atoms with Gasteiger partial charge in [-0.25, -0.2) is 0 Å². The van der Waals surface area contributed by atoms with Crippen LogP contribution in [0.4, 0.5) is 8.78 Å². The van der Waals surface area contributed by atoms with E-state index in [-0.39, 0.29) is 13.2 Å². The first-order valence-corrected chi connectivity index (χ1v) is 6.20. The van der Waals surface area contributed by atoms with Gasteiger partial charge in [0.2, 0.25) is 5.78 Å². The molecule has 0 aromatic heterocycles. The molecule has 0 fully saturated rings. The maximum atomic E-state index is 13.4. The lowest BCUT2D eigenvalue weighted by Gasteiger charge is -2.24. The molecule has 0 rings (SSSR count). The summed E-state index contributed by atoms with van der Waals surface area (Å²) in [5.74, 6) is -1.44. The molecule has 7 heteroatoms. The molecule has 0 N–H and O–H groups in total. The quantitative estimate of drug-likeness (QED) is 0.646. The van der Waals surface area contributed by atoms with Crippen molar-refractivity contribution >= 4 is 13.4 Å².